The quantitative estimate of drug-likeness (QED) is 0.841. The first-order valence-electron chi connectivity index (χ1n) is 5.96. The van der Waals surface area contributed by atoms with E-state index in [0.717, 1.165) is 16.8 Å². The van der Waals surface area contributed by atoms with Gasteiger partial charge in [-0.15, -0.1) is 0 Å². The maximum Gasteiger partial charge on any atom is 0.138 e. The second-order valence-electron chi connectivity index (χ2n) is 4.50. The number of methoxy groups -OCH3 is 1. The Morgan fingerprint density at radius 2 is 2.11 bits per heavy atom. The van der Waals surface area contributed by atoms with Gasteiger partial charge in [0.15, 0.2) is 0 Å². The van der Waals surface area contributed by atoms with E-state index in [1.807, 2.05) is 18.2 Å². The highest BCUT2D eigenvalue weighted by atomic mass is 35.5. The van der Waals surface area contributed by atoms with Crippen molar-refractivity contribution in [2.24, 2.45) is 0 Å². The van der Waals surface area contributed by atoms with Crippen LogP contribution in [-0.2, 0) is 0 Å². The van der Waals surface area contributed by atoms with Crippen molar-refractivity contribution in [2.45, 2.75) is 19.8 Å². The lowest BCUT2D eigenvalue weighted by molar-refractivity contribution is 0.415. The Hall–Kier alpha value is -1.39. The number of rotatable bonds is 3. The van der Waals surface area contributed by atoms with Gasteiger partial charge in [-0.3, -0.25) is 0 Å². The molecule has 0 aliphatic carbocycles. The van der Waals surface area contributed by atoms with Crippen molar-refractivity contribution < 1.29 is 4.74 Å². The van der Waals surface area contributed by atoms with Crippen molar-refractivity contribution in [3.05, 3.63) is 39.8 Å². The Kier molecular flexibility index (Phi) is 4.22. The predicted octanol–water partition coefficient (Wildman–Crippen LogP) is 4.59. The van der Waals surface area contributed by atoms with Crippen LogP contribution in [0.25, 0.3) is 11.3 Å². The van der Waals surface area contributed by atoms with Gasteiger partial charge in [0.1, 0.15) is 10.4 Å². The summed E-state index contributed by atoms with van der Waals surface area (Å²) in [7, 11) is 1.60. The van der Waals surface area contributed by atoms with Gasteiger partial charge in [0.2, 0.25) is 0 Å². The lowest BCUT2D eigenvalue weighted by Gasteiger charge is -2.13. The summed E-state index contributed by atoms with van der Waals surface area (Å²) in [4.78, 5) is 7.32. The van der Waals surface area contributed by atoms with Crippen molar-refractivity contribution in [1.82, 2.24) is 9.97 Å². The molecule has 0 unspecified atom stereocenters. The first kappa shape index (κ1) is 14.0. The molecule has 0 spiro atoms. The molecule has 0 amide bonds. The number of benzene rings is 1. The molecule has 0 bridgehead atoms. The molecule has 0 atom stereocenters. The number of ether oxygens (including phenoxy) is 1. The molecule has 5 heteroatoms. The zero-order valence-corrected chi connectivity index (χ0v) is 12.6. The van der Waals surface area contributed by atoms with Gasteiger partial charge in [0.25, 0.3) is 0 Å². The molecule has 3 nitrogen and oxygen atoms in total. The fourth-order valence-corrected chi connectivity index (χ4v) is 2.58. The summed E-state index contributed by atoms with van der Waals surface area (Å²) in [6, 6.07) is 5.66. The lowest BCUT2D eigenvalue weighted by atomic mass is 9.98. The number of hydrogen-bond acceptors (Lipinski definition) is 3. The fraction of sp³-hybridized carbons (Fsp3) is 0.286. The average molecular weight is 295 g/mol. The van der Waals surface area contributed by atoms with Gasteiger partial charge in [0, 0.05) is 11.1 Å². The van der Waals surface area contributed by atoms with E-state index in [1.54, 1.807) is 13.4 Å². The Morgan fingerprint density at radius 3 is 2.74 bits per heavy atom. The average Bonchev–Trinajstić information content (AvgIpc) is 2.38. The Morgan fingerprint density at radius 1 is 1.37 bits per heavy atom. The van der Waals surface area contributed by atoms with Gasteiger partial charge < -0.3 is 9.72 Å². The van der Waals surface area contributed by atoms with Gasteiger partial charge >= 0.3 is 0 Å². The van der Waals surface area contributed by atoms with Crippen LogP contribution in [0.2, 0.25) is 5.02 Å². The molecule has 0 saturated carbocycles. The van der Waals surface area contributed by atoms with Gasteiger partial charge in [-0.1, -0.05) is 43.7 Å². The Bertz CT molecular complexity index is 652. The van der Waals surface area contributed by atoms with Crippen molar-refractivity contribution in [2.75, 3.05) is 7.11 Å². The number of nitrogens with one attached hydrogen (secondary N) is 1. The first-order valence-corrected chi connectivity index (χ1v) is 6.74. The summed E-state index contributed by atoms with van der Waals surface area (Å²) in [5, 5.41) is 0.588. The summed E-state index contributed by atoms with van der Waals surface area (Å²) in [6.45, 7) is 4.19. The molecule has 1 aromatic carbocycles. The van der Waals surface area contributed by atoms with Gasteiger partial charge in [-0.05, 0) is 18.1 Å². The molecule has 0 saturated heterocycles. The number of hydrogen-bond donors (Lipinski definition) is 1. The van der Waals surface area contributed by atoms with E-state index in [-0.39, 0.29) is 5.92 Å². The van der Waals surface area contributed by atoms with Gasteiger partial charge in [0.05, 0.1) is 24.2 Å². The molecule has 0 aliphatic rings. The molecule has 19 heavy (non-hydrogen) atoms. The molecular formula is C14H15ClN2OS. The minimum absolute atomic E-state index is 0.286. The normalized spacial score (nSPS) is 10.8. The standard InChI is InChI=1S/C14H15ClN2OS/c1-8(2)12-13(16-7-17-14(12)19)9-4-5-10(15)11(6-9)18-3/h4-8H,1-3H3,(H,16,17,19). The maximum absolute atomic E-state index is 6.05. The van der Waals surface area contributed by atoms with E-state index >= 15 is 0 Å². The molecular weight excluding hydrogens is 280 g/mol. The smallest absolute Gasteiger partial charge is 0.138 e. The van der Waals surface area contributed by atoms with Crippen LogP contribution >= 0.6 is 23.8 Å². The van der Waals surface area contributed by atoms with Gasteiger partial charge in [-0.2, -0.15) is 0 Å². The summed E-state index contributed by atoms with van der Waals surface area (Å²) >= 11 is 11.4. The van der Waals surface area contributed by atoms with E-state index in [2.05, 4.69) is 23.8 Å². The molecule has 1 aromatic heterocycles. The van der Waals surface area contributed by atoms with Crippen LogP contribution in [0.3, 0.4) is 0 Å². The number of aromatic nitrogens is 2. The van der Waals surface area contributed by atoms with Crippen molar-refractivity contribution >= 4 is 23.8 Å². The van der Waals surface area contributed by atoms with Crippen LogP contribution in [0.1, 0.15) is 25.3 Å². The second kappa shape index (κ2) is 5.72. The molecule has 2 aromatic rings. The van der Waals surface area contributed by atoms with Crippen LogP contribution < -0.4 is 4.74 Å². The molecule has 100 valence electrons. The largest absolute Gasteiger partial charge is 0.495 e. The summed E-state index contributed by atoms with van der Waals surface area (Å²) in [5.74, 6) is 0.930. The van der Waals surface area contributed by atoms with Crippen LogP contribution in [0.4, 0.5) is 0 Å². The molecule has 1 N–H and O–H groups in total. The molecule has 1 heterocycles. The van der Waals surface area contributed by atoms with Crippen molar-refractivity contribution in [3.63, 3.8) is 0 Å². The molecule has 0 aliphatic heterocycles. The number of halogens is 1. The van der Waals surface area contributed by atoms with E-state index in [0.29, 0.717) is 15.4 Å². The third kappa shape index (κ3) is 2.80. The third-order valence-electron chi connectivity index (χ3n) is 2.91. The number of nitrogens with zero attached hydrogens (tertiary/aromatic N) is 1. The summed E-state index contributed by atoms with van der Waals surface area (Å²) < 4.78 is 5.87. The minimum Gasteiger partial charge on any atom is -0.495 e. The highest BCUT2D eigenvalue weighted by Gasteiger charge is 2.13. The highest BCUT2D eigenvalue weighted by Crippen LogP contribution is 2.33. The van der Waals surface area contributed by atoms with E-state index in [1.165, 1.54) is 0 Å². The molecule has 2 rings (SSSR count). The highest BCUT2D eigenvalue weighted by molar-refractivity contribution is 7.71. The zero-order chi connectivity index (χ0) is 14.0. The number of H-pyrrole nitrogens is 1. The fourth-order valence-electron chi connectivity index (χ4n) is 2.00. The molecule has 0 radical (unpaired) electrons. The van der Waals surface area contributed by atoms with E-state index < -0.39 is 0 Å². The molecule has 0 fully saturated rings. The zero-order valence-electron chi connectivity index (χ0n) is 11.0. The summed E-state index contributed by atoms with van der Waals surface area (Å²) in [6.07, 6.45) is 1.62. The lowest BCUT2D eigenvalue weighted by Crippen LogP contribution is -1.99. The van der Waals surface area contributed by atoms with Crippen LogP contribution in [0.15, 0.2) is 24.5 Å². The number of aromatic amines is 1. The van der Waals surface area contributed by atoms with Crippen LogP contribution in [0, 0.1) is 4.64 Å². The first-order chi connectivity index (χ1) is 9.04. The topological polar surface area (TPSA) is 37.9 Å². The monoisotopic (exact) mass is 294 g/mol. The maximum atomic E-state index is 6.05. The minimum atomic E-state index is 0.286. The SMILES string of the molecule is COc1cc(-c2[nH]cnc(=S)c2C(C)C)ccc1Cl. The summed E-state index contributed by atoms with van der Waals surface area (Å²) in [5.41, 5.74) is 2.98. The van der Waals surface area contributed by atoms with Crippen LogP contribution in [0.5, 0.6) is 5.75 Å². The Balaban J connectivity index is 2.65. The van der Waals surface area contributed by atoms with Crippen LogP contribution in [-0.4, -0.2) is 17.1 Å². The third-order valence-corrected chi connectivity index (χ3v) is 3.55. The van der Waals surface area contributed by atoms with E-state index in [9.17, 15) is 0 Å². The van der Waals surface area contributed by atoms with Crippen molar-refractivity contribution in [1.29, 1.82) is 0 Å². The Labute approximate surface area is 122 Å². The van der Waals surface area contributed by atoms with Crippen molar-refractivity contribution in [3.8, 4) is 17.0 Å². The van der Waals surface area contributed by atoms with E-state index in [4.69, 9.17) is 28.6 Å². The van der Waals surface area contributed by atoms with Gasteiger partial charge in [-0.25, -0.2) is 4.98 Å². The predicted molar refractivity (Wildman–Crippen MR) is 80.5 cm³/mol. The second-order valence-corrected chi connectivity index (χ2v) is 5.29.